The Bertz CT molecular complexity index is 844. The molecule has 3 heteroatoms. The van der Waals surface area contributed by atoms with Crippen molar-refractivity contribution in [1.82, 2.24) is 0 Å². The molecule has 0 aromatic carbocycles. The number of esters is 1. The lowest BCUT2D eigenvalue weighted by atomic mass is 9.60. The van der Waals surface area contributed by atoms with Crippen molar-refractivity contribution in [3.05, 3.63) is 35.5 Å². The Kier molecular flexibility index (Phi) is 11.8. The van der Waals surface area contributed by atoms with E-state index in [1.165, 1.54) is 68.9 Å². The number of carbonyl (C=O) groups is 1. The standard InChI is InChI=1S/C35H58O3/c1-7-8-9-10-11-16-33(36)38-30-20-17-26(2)29(25-30)19-18-28-15-13-24-35(6)31(21-22-32(28)35)27(3)14-12-23-34(4,5)37/h18-19,27,30-32,37H,2,7-17,20-25H2,1,3-6H3/b28-18+,29-19-/t27-,30+,31-,32+,35-/m1/s1. The molecule has 216 valence electrons. The van der Waals surface area contributed by atoms with Gasteiger partial charge in [-0.05, 0) is 100 Å². The van der Waals surface area contributed by atoms with Crippen LogP contribution in [-0.2, 0) is 9.53 Å². The van der Waals surface area contributed by atoms with Gasteiger partial charge in [-0.1, -0.05) is 89.2 Å². The second kappa shape index (κ2) is 14.3. The first-order chi connectivity index (χ1) is 18.0. The summed E-state index contributed by atoms with van der Waals surface area (Å²) >= 11 is 0. The summed E-state index contributed by atoms with van der Waals surface area (Å²) in [6, 6.07) is 0. The molecule has 38 heavy (non-hydrogen) atoms. The summed E-state index contributed by atoms with van der Waals surface area (Å²) in [6.07, 6.45) is 23.5. The third-order valence-electron chi connectivity index (χ3n) is 10.1. The predicted molar refractivity (Wildman–Crippen MR) is 160 cm³/mol. The largest absolute Gasteiger partial charge is 0.462 e. The van der Waals surface area contributed by atoms with Crippen molar-refractivity contribution >= 4 is 5.97 Å². The highest BCUT2D eigenvalue weighted by molar-refractivity contribution is 5.69. The molecule has 0 amide bonds. The van der Waals surface area contributed by atoms with Crippen molar-refractivity contribution in [2.24, 2.45) is 23.2 Å². The van der Waals surface area contributed by atoms with Crippen molar-refractivity contribution in [2.45, 2.75) is 155 Å². The van der Waals surface area contributed by atoms with Crippen molar-refractivity contribution in [3.8, 4) is 0 Å². The highest BCUT2D eigenvalue weighted by Gasteiger charge is 2.50. The van der Waals surface area contributed by atoms with Crippen molar-refractivity contribution in [1.29, 1.82) is 0 Å². The van der Waals surface area contributed by atoms with Gasteiger partial charge in [0.1, 0.15) is 6.10 Å². The maximum Gasteiger partial charge on any atom is 0.306 e. The van der Waals surface area contributed by atoms with Crippen LogP contribution in [0.2, 0.25) is 0 Å². The number of rotatable bonds is 13. The number of ether oxygens (including phenoxy) is 1. The van der Waals surface area contributed by atoms with Crippen molar-refractivity contribution < 1.29 is 14.6 Å². The molecule has 1 N–H and O–H groups in total. The Morgan fingerprint density at radius 3 is 2.63 bits per heavy atom. The average Bonchev–Trinajstić information content (AvgIpc) is 3.21. The van der Waals surface area contributed by atoms with Gasteiger partial charge < -0.3 is 9.84 Å². The van der Waals surface area contributed by atoms with Crippen LogP contribution in [0.1, 0.15) is 144 Å². The first kappa shape index (κ1) is 31.2. The monoisotopic (exact) mass is 526 g/mol. The zero-order chi connectivity index (χ0) is 27.8. The summed E-state index contributed by atoms with van der Waals surface area (Å²) < 4.78 is 5.89. The van der Waals surface area contributed by atoms with Gasteiger partial charge >= 0.3 is 5.97 Å². The third-order valence-corrected chi connectivity index (χ3v) is 10.1. The van der Waals surface area contributed by atoms with Crippen LogP contribution < -0.4 is 0 Å². The van der Waals surface area contributed by atoms with Crippen LogP contribution in [-0.4, -0.2) is 22.8 Å². The number of allylic oxidation sites excluding steroid dienone is 4. The highest BCUT2D eigenvalue weighted by Crippen LogP contribution is 2.60. The van der Waals surface area contributed by atoms with Gasteiger partial charge in [-0.3, -0.25) is 4.79 Å². The topological polar surface area (TPSA) is 46.5 Å². The molecule has 3 aliphatic carbocycles. The van der Waals surface area contributed by atoms with E-state index in [1.807, 2.05) is 13.8 Å². The molecule has 0 aromatic rings. The highest BCUT2D eigenvalue weighted by atomic mass is 16.5. The Morgan fingerprint density at radius 2 is 1.89 bits per heavy atom. The molecule has 0 heterocycles. The third kappa shape index (κ3) is 8.83. The minimum absolute atomic E-state index is 0.00511. The summed E-state index contributed by atoms with van der Waals surface area (Å²) in [6.45, 7) is 15.5. The smallest absolute Gasteiger partial charge is 0.306 e. The second-order valence-electron chi connectivity index (χ2n) is 13.8. The summed E-state index contributed by atoms with van der Waals surface area (Å²) in [5.74, 6) is 2.16. The van der Waals surface area contributed by atoms with Crippen LogP contribution in [0.25, 0.3) is 0 Å². The summed E-state index contributed by atoms with van der Waals surface area (Å²) in [5.41, 5.74) is 3.99. The molecule has 3 saturated carbocycles. The molecule has 0 saturated heterocycles. The number of hydrogen-bond acceptors (Lipinski definition) is 3. The van der Waals surface area contributed by atoms with Crippen molar-refractivity contribution in [3.63, 3.8) is 0 Å². The molecule has 3 fully saturated rings. The number of unbranched alkanes of at least 4 members (excludes halogenated alkanes) is 4. The quantitative estimate of drug-likeness (QED) is 0.192. The van der Waals surface area contributed by atoms with Gasteiger partial charge in [0, 0.05) is 12.8 Å². The molecule has 0 aliphatic heterocycles. The fourth-order valence-electron chi connectivity index (χ4n) is 7.87. The normalized spacial score (nSPS) is 31.0. The first-order valence-corrected chi connectivity index (χ1v) is 16.0. The van der Waals surface area contributed by atoms with E-state index in [1.54, 1.807) is 5.57 Å². The molecule has 3 rings (SSSR count). The zero-order valence-electron chi connectivity index (χ0n) is 25.5. The molecule has 0 bridgehead atoms. The Hall–Kier alpha value is -1.35. The molecular weight excluding hydrogens is 468 g/mol. The van der Waals surface area contributed by atoms with Gasteiger partial charge in [0.2, 0.25) is 0 Å². The lowest BCUT2D eigenvalue weighted by molar-refractivity contribution is -0.149. The van der Waals surface area contributed by atoms with Crippen LogP contribution in [0.4, 0.5) is 0 Å². The lowest BCUT2D eigenvalue weighted by Crippen LogP contribution is -2.36. The number of aliphatic hydroxyl groups is 1. The molecule has 3 aliphatic rings. The van der Waals surface area contributed by atoms with Crippen LogP contribution in [0, 0.1) is 23.2 Å². The minimum atomic E-state index is -0.551. The van der Waals surface area contributed by atoms with Crippen molar-refractivity contribution in [2.75, 3.05) is 0 Å². The number of carbonyl (C=O) groups excluding carboxylic acids is 1. The Balaban J connectivity index is 1.57. The van der Waals surface area contributed by atoms with Crippen LogP contribution in [0.3, 0.4) is 0 Å². The molecule has 3 nitrogen and oxygen atoms in total. The van der Waals surface area contributed by atoms with E-state index in [9.17, 15) is 9.90 Å². The van der Waals surface area contributed by atoms with E-state index >= 15 is 0 Å². The number of fused-ring (bicyclic) bond motifs is 1. The SMILES string of the molecule is C=C1CC[C@H](OC(=O)CCCCCCC)C/C1=C/C=C1\CCC[C@]2(C)[C@@H]([C@H](C)CCCC(C)(C)O)CC[C@@H]12. The molecule has 0 unspecified atom stereocenters. The molecule has 0 radical (unpaired) electrons. The van der Waals surface area contributed by atoms with Gasteiger partial charge in [-0.25, -0.2) is 0 Å². The van der Waals surface area contributed by atoms with E-state index in [-0.39, 0.29) is 12.1 Å². The van der Waals surface area contributed by atoms with Crippen LogP contribution in [0.5, 0.6) is 0 Å². The number of hydrogen-bond donors (Lipinski definition) is 1. The van der Waals surface area contributed by atoms with Crippen LogP contribution >= 0.6 is 0 Å². The lowest BCUT2D eigenvalue weighted by Gasteiger charge is -2.44. The molecule has 0 aromatic heterocycles. The molecular formula is C35H58O3. The molecule has 5 atom stereocenters. The van der Waals surface area contributed by atoms with Gasteiger partial charge in [-0.15, -0.1) is 0 Å². The average molecular weight is 527 g/mol. The fraction of sp³-hybridized carbons (Fsp3) is 0.800. The maximum atomic E-state index is 12.4. The van der Waals surface area contributed by atoms with Gasteiger partial charge in [0.05, 0.1) is 5.60 Å². The first-order valence-electron chi connectivity index (χ1n) is 16.0. The Labute approximate surface area is 234 Å². The van der Waals surface area contributed by atoms with E-state index < -0.39 is 5.60 Å². The summed E-state index contributed by atoms with van der Waals surface area (Å²) in [4.78, 5) is 12.4. The predicted octanol–water partition coefficient (Wildman–Crippen LogP) is 9.65. The summed E-state index contributed by atoms with van der Waals surface area (Å²) in [5, 5.41) is 10.1. The molecule has 0 spiro atoms. The fourth-order valence-corrected chi connectivity index (χ4v) is 7.87. The maximum absolute atomic E-state index is 12.4. The Morgan fingerprint density at radius 1 is 1.13 bits per heavy atom. The van der Waals surface area contributed by atoms with Gasteiger partial charge in [-0.2, -0.15) is 0 Å². The zero-order valence-corrected chi connectivity index (χ0v) is 25.5. The minimum Gasteiger partial charge on any atom is -0.462 e. The van der Waals surface area contributed by atoms with Gasteiger partial charge in [0.15, 0.2) is 0 Å². The summed E-state index contributed by atoms with van der Waals surface area (Å²) in [7, 11) is 0. The van der Waals surface area contributed by atoms with E-state index in [2.05, 4.69) is 39.5 Å². The van der Waals surface area contributed by atoms with Crippen LogP contribution in [0.15, 0.2) is 35.5 Å². The second-order valence-corrected chi connectivity index (χ2v) is 13.8. The van der Waals surface area contributed by atoms with Gasteiger partial charge in [0.25, 0.3) is 0 Å². The van der Waals surface area contributed by atoms with E-state index in [4.69, 9.17) is 4.74 Å². The van der Waals surface area contributed by atoms with E-state index in [0.717, 1.165) is 50.9 Å². The van der Waals surface area contributed by atoms with E-state index in [0.29, 0.717) is 23.7 Å².